The van der Waals surface area contributed by atoms with E-state index in [1.807, 2.05) is 12.1 Å². The summed E-state index contributed by atoms with van der Waals surface area (Å²) in [7, 11) is 1.71. The summed E-state index contributed by atoms with van der Waals surface area (Å²) < 4.78 is 5.23. The largest absolute Gasteiger partial charge is 0.497 e. The second kappa shape index (κ2) is 7.28. The van der Waals surface area contributed by atoms with Crippen LogP contribution in [0.2, 0.25) is 0 Å². The summed E-state index contributed by atoms with van der Waals surface area (Å²) >= 11 is 0. The maximum absolute atomic E-state index is 6.14. The van der Waals surface area contributed by atoms with Gasteiger partial charge in [-0.25, -0.2) is 0 Å². The van der Waals surface area contributed by atoms with E-state index < -0.39 is 0 Å². The van der Waals surface area contributed by atoms with Gasteiger partial charge in [0.1, 0.15) is 5.75 Å². The van der Waals surface area contributed by atoms with Crippen LogP contribution >= 0.6 is 0 Å². The van der Waals surface area contributed by atoms with Crippen LogP contribution in [0.5, 0.6) is 5.75 Å². The van der Waals surface area contributed by atoms with Gasteiger partial charge in [0.15, 0.2) is 0 Å². The van der Waals surface area contributed by atoms with E-state index in [0.29, 0.717) is 6.54 Å². The lowest BCUT2D eigenvalue weighted by Gasteiger charge is -2.38. The molecule has 1 heterocycles. The number of methoxy groups -OCH3 is 1. The summed E-state index contributed by atoms with van der Waals surface area (Å²) in [4.78, 5) is 2.61. The second-order valence-corrected chi connectivity index (χ2v) is 6.62. The van der Waals surface area contributed by atoms with E-state index in [0.717, 1.165) is 18.1 Å². The number of hydrogen-bond acceptors (Lipinski definition) is 3. The highest BCUT2D eigenvalue weighted by atomic mass is 16.5. The van der Waals surface area contributed by atoms with Crippen molar-refractivity contribution in [1.29, 1.82) is 0 Å². The van der Waals surface area contributed by atoms with Gasteiger partial charge in [0.05, 0.1) is 7.11 Å². The fourth-order valence-electron chi connectivity index (χ4n) is 3.46. The van der Waals surface area contributed by atoms with Crippen molar-refractivity contribution in [1.82, 2.24) is 4.90 Å². The van der Waals surface area contributed by atoms with Crippen molar-refractivity contribution in [2.75, 3.05) is 26.7 Å². The molecule has 1 aliphatic rings. The van der Waals surface area contributed by atoms with E-state index in [-0.39, 0.29) is 5.54 Å². The van der Waals surface area contributed by atoms with Crippen LogP contribution in [-0.2, 0) is 6.42 Å². The van der Waals surface area contributed by atoms with E-state index in [9.17, 15) is 0 Å². The average molecular weight is 290 g/mol. The van der Waals surface area contributed by atoms with Gasteiger partial charge in [-0.3, -0.25) is 4.90 Å². The summed E-state index contributed by atoms with van der Waals surface area (Å²) in [6.07, 6.45) is 4.97. The molecule has 3 nitrogen and oxygen atoms in total. The number of likely N-dealkylation sites (tertiary alicyclic amines) is 1. The molecular formula is C18H30N2O. The van der Waals surface area contributed by atoms with Crippen LogP contribution in [-0.4, -0.2) is 37.2 Å². The topological polar surface area (TPSA) is 38.5 Å². The molecule has 2 N–H and O–H groups in total. The molecule has 0 radical (unpaired) electrons. The van der Waals surface area contributed by atoms with Crippen molar-refractivity contribution in [3.8, 4) is 5.75 Å². The summed E-state index contributed by atoms with van der Waals surface area (Å²) in [5, 5.41) is 0. The first-order valence-corrected chi connectivity index (χ1v) is 8.19. The van der Waals surface area contributed by atoms with Crippen LogP contribution in [0.4, 0.5) is 0 Å². The summed E-state index contributed by atoms with van der Waals surface area (Å²) in [6, 6.07) is 8.39. The van der Waals surface area contributed by atoms with E-state index in [1.165, 1.54) is 37.9 Å². The molecular weight excluding hydrogens is 260 g/mol. The zero-order valence-electron chi connectivity index (χ0n) is 13.8. The van der Waals surface area contributed by atoms with Crippen LogP contribution in [0.3, 0.4) is 0 Å². The Balaban J connectivity index is 2.03. The predicted octanol–water partition coefficient (Wildman–Crippen LogP) is 3.08. The normalized spacial score (nSPS) is 22.2. The van der Waals surface area contributed by atoms with Crippen LogP contribution < -0.4 is 10.5 Å². The molecule has 1 aromatic rings. The predicted molar refractivity (Wildman–Crippen MR) is 88.7 cm³/mol. The lowest BCUT2D eigenvalue weighted by Crippen LogP contribution is -2.52. The maximum Gasteiger partial charge on any atom is 0.118 e. The van der Waals surface area contributed by atoms with Crippen LogP contribution in [0.15, 0.2) is 24.3 Å². The Labute approximate surface area is 129 Å². The molecule has 0 aliphatic carbocycles. The van der Waals surface area contributed by atoms with Crippen molar-refractivity contribution in [2.24, 2.45) is 11.7 Å². The first-order chi connectivity index (χ1) is 10.1. The first-order valence-electron chi connectivity index (χ1n) is 8.19. The van der Waals surface area contributed by atoms with Crippen molar-refractivity contribution < 1.29 is 4.74 Å². The quantitative estimate of drug-likeness (QED) is 0.838. The Hall–Kier alpha value is -1.06. The summed E-state index contributed by atoms with van der Waals surface area (Å²) in [5.74, 6) is 1.77. The first kappa shape index (κ1) is 16.3. The standard InChI is InChI=1S/C18H30N2O/c1-4-5-16-10-11-20(13-16)18(2,14-19)12-15-6-8-17(21-3)9-7-15/h6-9,16H,4-5,10-14,19H2,1-3H3. The van der Waals surface area contributed by atoms with E-state index in [2.05, 4.69) is 30.9 Å². The molecule has 1 fully saturated rings. The van der Waals surface area contributed by atoms with Gasteiger partial charge in [-0.1, -0.05) is 25.5 Å². The minimum absolute atomic E-state index is 0.0665. The Bertz CT molecular complexity index is 431. The highest BCUT2D eigenvalue weighted by Gasteiger charge is 2.35. The third kappa shape index (κ3) is 3.98. The molecule has 0 bridgehead atoms. The fourth-order valence-corrected chi connectivity index (χ4v) is 3.46. The number of benzene rings is 1. The van der Waals surface area contributed by atoms with Crippen molar-refractivity contribution in [2.45, 2.75) is 45.1 Å². The smallest absolute Gasteiger partial charge is 0.118 e. The van der Waals surface area contributed by atoms with Gasteiger partial charge in [0, 0.05) is 18.6 Å². The van der Waals surface area contributed by atoms with Gasteiger partial charge in [0.25, 0.3) is 0 Å². The third-order valence-electron chi connectivity index (χ3n) is 4.93. The molecule has 118 valence electrons. The highest BCUT2D eigenvalue weighted by Crippen LogP contribution is 2.29. The van der Waals surface area contributed by atoms with Crippen LogP contribution in [0, 0.1) is 5.92 Å². The van der Waals surface area contributed by atoms with Crippen LogP contribution in [0.25, 0.3) is 0 Å². The van der Waals surface area contributed by atoms with Crippen molar-refractivity contribution in [3.63, 3.8) is 0 Å². The number of ether oxygens (including phenoxy) is 1. The minimum Gasteiger partial charge on any atom is -0.497 e. The van der Waals surface area contributed by atoms with Gasteiger partial charge in [-0.2, -0.15) is 0 Å². The van der Waals surface area contributed by atoms with Crippen molar-refractivity contribution in [3.05, 3.63) is 29.8 Å². The van der Waals surface area contributed by atoms with Gasteiger partial charge in [-0.05, 0) is 56.3 Å². The number of hydrogen-bond donors (Lipinski definition) is 1. The van der Waals surface area contributed by atoms with Gasteiger partial charge in [-0.15, -0.1) is 0 Å². The molecule has 21 heavy (non-hydrogen) atoms. The number of rotatable bonds is 7. The van der Waals surface area contributed by atoms with Gasteiger partial charge < -0.3 is 10.5 Å². The van der Waals surface area contributed by atoms with E-state index in [1.54, 1.807) is 7.11 Å². The van der Waals surface area contributed by atoms with E-state index >= 15 is 0 Å². The van der Waals surface area contributed by atoms with E-state index in [4.69, 9.17) is 10.5 Å². The summed E-state index contributed by atoms with van der Waals surface area (Å²) in [6.45, 7) is 7.69. The lowest BCUT2D eigenvalue weighted by molar-refractivity contribution is 0.136. The molecule has 2 atom stereocenters. The molecule has 0 spiro atoms. The molecule has 1 aromatic carbocycles. The molecule has 2 unspecified atom stereocenters. The zero-order chi connectivity index (χ0) is 15.3. The number of nitrogens with two attached hydrogens (primary N) is 1. The molecule has 0 aromatic heterocycles. The number of nitrogens with zero attached hydrogens (tertiary/aromatic N) is 1. The Kier molecular flexibility index (Phi) is 5.65. The zero-order valence-corrected chi connectivity index (χ0v) is 13.8. The van der Waals surface area contributed by atoms with Crippen molar-refractivity contribution >= 4 is 0 Å². The monoisotopic (exact) mass is 290 g/mol. The molecule has 2 rings (SSSR count). The van der Waals surface area contributed by atoms with Gasteiger partial charge in [0.2, 0.25) is 0 Å². The SMILES string of the molecule is CCCC1CCN(C(C)(CN)Cc2ccc(OC)cc2)C1. The van der Waals surface area contributed by atoms with Gasteiger partial charge >= 0.3 is 0 Å². The molecule has 0 amide bonds. The molecule has 1 aliphatic heterocycles. The Morgan fingerprint density at radius 1 is 1.33 bits per heavy atom. The third-order valence-corrected chi connectivity index (χ3v) is 4.93. The Morgan fingerprint density at radius 2 is 2.05 bits per heavy atom. The minimum atomic E-state index is 0.0665. The highest BCUT2D eigenvalue weighted by molar-refractivity contribution is 5.28. The maximum atomic E-state index is 6.14. The molecule has 0 saturated carbocycles. The molecule has 1 saturated heterocycles. The lowest BCUT2D eigenvalue weighted by atomic mass is 9.91. The average Bonchev–Trinajstić information content (AvgIpc) is 2.98. The summed E-state index contributed by atoms with van der Waals surface area (Å²) in [5.41, 5.74) is 7.55. The fraction of sp³-hybridized carbons (Fsp3) is 0.667. The van der Waals surface area contributed by atoms with Crippen LogP contribution in [0.1, 0.15) is 38.7 Å². The second-order valence-electron chi connectivity index (χ2n) is 6.62. The molecule has 3 heteroatoms. The Morgan fingerprint density at radius 3 is 2.62 bits per heavy atom.